The van der Waals surface area contributed by atoms with Gasteiger partial charge in [0.05, 0.1) is 21.8 Å². The molecular weight excluding hydrogens is 344 g/mol. The van der Waals surface area contributed by atoms with Gasteiger partial charge >= 0.3 is 5.69 Å². The lowest BCUT2D eigenvalue weighted by Gasteiger charge is -2.14. The molecule has 0 bridgehead atoms. The van der Waals surface area contributed by atoms with Gasteiger partial charge in [-0.2, -0.15) is 0 Å². The average Bonchev–Trinajstić information content (AvgIpc) is 3.04. The van der Waals surface area contributed by atoms with E-state index in [1.54, 1.807) is 0 Å². The minimum Gasteiger partial charge on any atom is -0.315 e. The van der Waals surface area contributed by atoms with Crippen LogP contribution in [0.2, 0.25) is 0 Å². The highest BCUT2D eigenvalue weighted by atomic mass is 32.2. The summed E-state index contributed by atoms with van der Waals surface area (Å²) in [5.41, 5.74) is -0.976. The van der Waals surface area contributed by atoms with Gasteiger partial charge in [0.15, 0.2) is 0 Å². The van der Waals surface area contributed by atoms with E-state index in [0.717, 1.165) is 19.4 Å². The Morgan fingerprint density at radius 2 is 2.04 bits per heavy atom. The van der Waals surface area contributed by atoms with Gasteiger partial charge in [0.2, 0.25) is 10.0 Å². The number of nitrogens with one attached hydrogen (secondary N) is 3. The van der Waals surface area contributed by atoms with Crippen LogP contribution in [0.15, 0.2) is 32.7 Å². The molecule has 1 unspecified atom stereocenters. The van der Waals surface area contributed by atoms with Crippen molar-refractivity contribution in [2.24, 2.45) is 0 Å². The van der Waals surface area contributed by atoms with Crippen molar-refractivity contribution in [2.75, 3.05) is 13.1 Å². The highest BCUT2D eigenvalue weighted by Crippen LogP contribution is 2.36. The number of aromatic amines is 1. The second kappa shape index (κ2) is 5.52. The largest absolute Gasteiger partial charge is 0.329 e. The van der Waals surface area contributed by atoms with Crippen LogP contribution < -0.4 is 21.3 Å². The molecule has 134 valence electrons. The Hall–Kier alpha value is -1.97. The number of fused-ring (bicyclic) bond motifs is 1. The summed E-state index contributed by atoms with van der Waals surface area (Å²) >= 11 is 0. The Labute approximate surface area is 144 Å². The molecule has 2 aliphatic rings. The third-order valence-electron chi connectivity index (χ3n) is 4.99. The van der Waals surface area contributed by atoms with E-state index in [1.165, 1.54) is 22.8 Å². The molecule has 2 fully saturated rings. The fourth-order valence-corrected chi connectivity index (χ4v) is 4.73. The predicted molar refractivity (Wildman–Crippen MR) is 93.3 cm³/mol. The first-order valence-corrected chi connectivity index (χ1v) is 9.81. The number of aromatic nitrogens is 2. The molecule has 2 aromatic rings. The first-order chi connectivity index (χ1) is 11.8. The van der Waals surface area contributed by atoms with Crippen LogP contribution in [0.4, 0.5) is 0 Å². The van der Waals surface area contributed by atoms with Crippen molar-refractivity contribution in [3.63, 3.8) is 0 Å². The summed E-state index contributed by atoms with van der Waals surface area (Å²) in [6.45, 7) is 3.14. The number of rotatable bonds is 4. The molecule has 4 rings (SSSR count). The second-order valence-corrected chi connectivity index (χ2v) is 8.81. The molecule has 1 aliphatic heterocycles. The van der Waals surface area contributed by atoms with Crippen molar-refractivity contribution in [1.29, 1.82) is 0 Å². The third-order valence-corrected chi connectivity index (χ3v) is 6.63. The molecule has 1 saturated heterocycles. The van der Waals surface area contributed by atoms with Gasteiger partial charge in [-0.25, -0.2) is 17.9 Å². The van der Waals surface area contributed by atoms with Crippen molar-refractivity contribution >= 4 is 20.9 Å². The molecule has 1 aliphatic carbocycles. The smallest absolute Gasteiger partial charge is 0.315 e. The lowest BCUT2D eigenvalue weighted by atomic mass is 10.2. The van der Waals surface area contributed by atoms with Crippen LogP contribution in [-0.2, 0) is 10.0 Å². The molecule has 9 heteroatoms. The van der Waals surface area contributed by atoms with E-state index in [0.29, 0.717) is 18.5 Å². The van der Waals surface area contributed by atoms with E-state index in [4.69, 9.17) is 0 Å². The maximum Gasteiger partial charge on any atom is 0.329 e. The maximum atomic E-state index is 12.8. The SMILES string of the molecule is CC1(NS(=O)(=O)c2ccc3[nH]c(=O)n(C4CCNC4)c(=O)c3c2)CC1. The summed E-state index contributed by atoms with van der Waals surface area (Å²) in [5.74, 6) is 0. The molecule has 1 atom stereocenters. The first kappa shape index (κ1) is 16.5. The van der Waals surface area contributed by atoms with E-state index in [1.807, 2.05) is 6.92 Å². The number of hydrogen-bond acceptors (Lipinski definition) is 5. The average molecular weight is 364 g/mol. The monoisotopic (exact) mass is 364 g/mol. The van der Waals surface area contributed by atoms with E-state index in [-0.39, 0.29) is 16.3 Å². The van der Waals surface area contributed by atoms with E-state index >= 15 is 0 Å². The zero-order chi connectivity index (χ0) is 17.8. The highest BCUT2D eigenvalue weighted by Gasteiger charge is 2.41. The molecule has 2 heterocycles. The Morgan fingerprint density at radius 1 is 1.28 bits per heavy atom. The van der Waals surface area contributed by atoms with Crippen molar-refractivity contribution in [2.45, 2.75) is 42.7 Å². The van der Waals surface area contributed by atoms with Crippen LogP contribution in [0, 0.1) is 0 Å². The Balaban J connectivity index is 1.84. The summed E-state index contributed by atoms with van der Waals surface area (Å²) in [6.07, 6.45) is 2.29. The molecule has 0 amide bonds. The number of nitrogens with zero attached hydrogens (tertiary/aromatic N) is 1. The summed E-state index contributed by atoms with van der Waals surface area (Å²) < 4.78 is 29.0. The minimum absolute atomic E-state index is 0.0355. The van der Waals surface area contributed by atoms with Crippen LogP contribution in [-0.4, -0.2) is 36.6 Å². The van der Waals surface area contributed by atoms with Gasteiger partial charge in [0.1, 0.15) is 0 Å². The fourth-order valence-electron chi connectivity index (χ4n) is 3.24. The molecule has 3 N–H and O–H groups in total. The van der Waals surface area contributed by atoms with Crippen LogP contribution in [0.5, 0.6) is 0 Å². The summed E-state index contributed by atoms with van der Waals surface area (Å²) in [5, 5.41) is 3.33. The van der Waals surface area contributed by atoms with Crippen molar-refractivity contribution < 1.29 is 8.42 Å². The molecule has 1 aromatic heterocycles. The standard InChI is InChI=1S/C16H20N4O4S/c1-16(5-6-16)19-25(23,24)11-2-3-13-12(8-11)14(21)20(15(22)18-13)10-4-7-17-9-10/h2-3,8,10,17,19H,4-7,9H2,1H3,(H,18,22). The van der Waals surface area contributed by atoms with Gasteiger partial charge in [-0.3, -0.25) is 9.36 Å². The number of sulfonamides is 1. The third kappa shape index (κ3) is 2.92. The molecule has 0 radical (unpaired) electrons. The van der Waals surface area contributed by atoms with Crippen LogP contribution >= 0.6 is 0 Å². The molecule has 0 spiro atoms. The normalized spacial score (nSPS) is 22.4. The van der Waals surface area contributed by atoms with Gasteiger partial charge in [-0.05, 0) is 50.9 Å². The zero-order valence-corrected chi connectivity index (χ0v) is 14.6. The van der Waals surface area contributed by atoms with Gasteiger partial charge in [0, 0.05) is 12.1 Å². The lowest BCUT2D eigenvalue weighted by molar-refractivity contribution is 0.508. The first-order valence-electron chi connectivity index (χ1n) is 8.32. The van der Waals surface area contributed by atoms with Crippen LogP contribution in [0.1, 0.15) is 32.2 Å². The summed E-state index contributed by atoms with van der Waals surface area (Å²) in [6, 6.07) is 4.01. The fraction of sp³-hybridized carbons (Fsp3) is 0.500. The Bertz CT molecular complexity index is 1060. The van der Waals surface area contributed by atoms with Crippen LogP contribution in [0.25, 0.3) is 10.9 Å². The van der Waals surface area contributed by atoms with E-state index in [2.05, 4.69) is 15.0 Å². The topological polar surface area (TPSA) is 113 Å². The van der Waals surface area contributed by atoms with Crippen molar-refractivity contribution in [3.05, 3.63) is 39.0 Å². The quantitative estimate of drug-likeness (QED) is 0.710. The Kier molecular flexibility index (Phi) is 3.64. The van der Waals surface area contributed by atoms with Gasteiger partial charge < -0.3 is 10.3 Å². The van der Waals surface area contributed by atoms with Gasteiger partial charge in [-0.15, -0.1) is 0 Å². The summed E-state index contributed by atoms with van der Waals surface area (Å²) in [4.78, 5) is 27.8. The minimum atomic E-state index is -3.71. The highest BCUT2D eigenvalue weighted by molar-refractivity contribution is 7.89. The van der Waals surface area contributed by atoms with E-state index in [9.17, 15) is 18.0 Å². The maximum absolute atomic E-state index is 12.8. The second-order valence-electron chi connectivity index (χ2n) is 7.13. The van der Waals surface area contributed by atoms with Crippen molar-refractivity contribution in [3.8, 4) is 0 Å². The van der Waals surface area contributed by atoms with E-state index < -0.39 is 26.8 Å². The number of H-pyrrole nitrogens is 1. The summed E-state index contributed by atoms with van der Waals surface area (Å²) in [7, 11) is -3.71. The van der Waals surface area contributed by atoms with Gasteiger partial charge in [-0.1, -0.05) is 0 Å². The molecular formula is C16H20N4O4S. The lowest BCUT2D eigenvalue weighted by Crippen LogP contribution is -2.39. The molecule has 1 aromatic carbocycles. The Morgan fingerprint density at radius 3 is 2.68 bits per heavy atom. The zero-order valence-electron chi connectivity index (χ0n) is 13.8. The number of hydrogen-bond donors (Lipinski definition) is 3. The molecule has 25 heavy (non-hydrogen) atoms. The van der Waals surface area contributed by atoms with Crippen molar-refractivity contribution in [1.82, 2.24) is 19.6 Å². The molecule has 8 nitrogen and oxygen atoms in total. The predicted octanol–water partition coefficient (Wildman–Crippen LogP) is 0.0550. The van der Waals surface area contributed by atoms with Crippen LogP contribution in [0.3, 0.4) is 0 Å². The van der Waals surface area contributed by atoms with Gasteiger partial charge in [0.25, 0.3) is 5.56 Å². The number of benzene rings is 1. The molecule has 1 saturated carbocycles.